The van der Waals surface area contributed by atoms with Crippen LogP contribution < -0.4 is 20.5 Å². The molecule has 7 nitrogen and oxygen atoms in total. The smallest absolute Gasteiger partial charge is 0.257 e. The van der Waals surface area contributed by atoms with Crippen LogP contribution in [-0.2, 0) is 10.2 Å². The third-order valence-corrected chi connectivity index (χ3v) is 8.20. The summed E-state index contributed by atoms with van der Waals surface area (Å²) in [5.41, 5.74) is 6.77. The molecule has 0 spiro atoms. The lowest BCUT2D eigenvalue weighted by molar-refractivity contribution is -0.119. The van der Waals surface area contributed by atoms with Crippen LogP contribution in [0.3, 0.4) is 0 Å². The molecule has 4 saturated carbocycles. The van der Waals surface area contributed by atoms with Crippen molar-refractivity contribution >= 4 is 39.9 Å². The summed E-state index contributed by atoms with van der Waals surface area (Å²) in [7, 11) is 1.43. The molecule has 0 atom stereocenters. The van der Waals surface area contributed by atoms with Gasteiger partial charge >= 0.3 is 0 Å². The fourth-order valence-corrected chi connectivity index (χ4v) is 7.40. The molecular weight excluding hydrogens is 450 g/mol. The number of carbonyl (C=O) groups excluding carboxylic acids is 2. The van der Waals surface area contributed by atoms with Gasteiger partial charge in [0.15, 0.2) is 23.2 Å². The summed E-state index contributed by atoms with van der Waals surface area (Å²) in [5.74, 6) is 1.96. The molecular formula is C23H26ClN3O4S. The molecule has 0 aliphatic heterocycles. The number of halogens is 1. The van der Waals surface area contributed by atoms with Crippen molar-refractivity contribution < 1.29 is 19.1 Å². The molecule has 9 heteroatoms. The van der Waals surface area contributed by atoms with E-state index in [-0.39, 0.29) is 34.5 Å². The first kappa shape index (κ1) is 21.5. The molecule has 6 rings (SSSR count). The van der Waals surface area contributed by atoms with Crippen molar-refractivity contribution in [3.63, 3.8) is 0 Å². The summed E-state index contributed by atoms with van der Waals surface area (Å²) < 4.78 is 10.6. The highest BCUT2D eigenvalue weighted by Crippen LogP contribution is 2.60. The van der Waals surface area contributed by atoms with E-state index < -0.39 is 5.91 Å². The van der Waals surface area contributed by atoms with Crippen molar-refractivity contribution in [2.24, 2.45) is 23.5 Å². The Balaban J connectivity index is 1.32. The van der Waals surface area contributed by atoms with Crippen molar-refractivity contribution in [1.82, 2.24) is 4.98 Å². The summed E-state index contributed by atoms with van der Waals surface area (Å²) in [5, 5.41) is 5.76. The van der Waals surface area contributed by atoms with Gasteiger partial charge < -0.3 is 15.2 Å². The van der Waals surface area contributed by atoms with Crippen LogP contribution in [0.1, 0.15) is 54.6 Å². The number of aromatic nitrogens is 1. The zero-order valence-electron chi connectivity index (χ0n) is 17.9. The number of benzene rings is 1. The second kappa shape index (κ2) is 8.23. The number of hydrogen-bond acceptors (Lipinski definition) is 6. The van der Waals surface area contributed by atoms with Gasteiger partial charge in [0, 0.05) is 16.4 Å². The van der Waals surface area contributed by atoms with Gasteiger partial charge in [-0.15, -0.1) is 11.3 Å². The highest BCUT2D eigenvalue weighted by molar-refractivity contribution is 7.14. The average Bonchev–Trinajstić information content (AvgIpc) is 3.20. The summed E-state index contributed by atoms with van der Waals surface area (Å²) in [6, 6.07) is 2.99. The predicted molar refractivity (Wildman–Crippen MR) is 123 cm³/mol. The summed E-state index contributed by atoms with van der Waals surface area (Å²) in [6.07, 6.45) is 7.85. The average molecular weight is 476 g/mol. The molecule has 1 aromatic carbocycles. The van der Waals surface area contributed by atoms with Crippen molar-refractivity contribution in [2.75, 3.05) is 19.0 Å². The number of amides is 2. The molecule has 4 aliphatic rings. The van der Waals surface area contributed by atoms with Crippen LogP contribution in [0.5, 0.6) is 11.5 Å². The van der Waals surface area contributed by atoms with Gasteiger partial charge in [-0.05, 0) is 68.4 Å². The molecule has 32 heavy (non-hydrogen) atoms. The normalized spacial score (nSPS) is 27.9. The standard InChI is InChI=1S/C23H26ClN3O4S/c1-30-17-6-15(5-16(24)20(17)31-10-19(25)28)21(29)27-22-26-18(11-32-22)23-7-12-2-13(8-23)4-14(3-12)9-23/h5-6,11-14H,2-4,7-10H2,1H3,(H2,25,28)(H,26,27,29). The first-order valence-corrected chi connectivity index (χ1v) is 12.2. The largest absolute Gasteiger partial charge is 0.493 e. The third-order valence-electron chi connectivity index (χ3n) is 7.16. The first-order chi connectivity index (χ1) is 15.3. The van der Waals surface area contributed by atoms with E-state index in [4.69, 9.17) is 31.8 Å². The van der Waals surface area contributed by atoms with E-state index in [1.54, 1.807) is 0 Å². The van der Waals surface area contributed by atoms with Crippen LogP contribution in [0.25, 0.3) is 0 Å². The van der Waals surface area contributed by atoms with Gasteiger partial charge in [-0.3, -0.25) is 14.9 Å². The Kier molecular flexibility index (Phi) is 5.53. The lowest BCUT2D eigenvalue weighted by Gasteiger charge is -2.56. The molecule has 1 heterocycles. The number of anilines is 1. The maximum atomic E-state index is 12.9. The second-order valence-electron chi connectivity index (χ2n) is 9.43. The van der Waals surface area contributed by atoms with E-state index in [2.05, 4.69) is 10.7 Å². The Morgan fingerprint density at radius 1 is 1.22 bits per heavy atom. The molecule has 4 fully saturated rings. The molecule has 0 radical (unpaired) electrons. The lowest BCUT2D eigenvalue weighted by atomic mass is 9.49. The van der Waals surface area contributed by atoms with Crippen LogP contribution in [0.4, 0.5) is 5.13 Å². The number of thiazole rings is 1. The maximum absolute atomic E-state index is 12.9. The molecule has 1 aromatic heterocycles. The number of nitrogens with one attached hydrogen (secondary N) is 1. The zero-order chi connectivity index (χ0) is 22.5. The number of nitrogens with zero attached hydrogens (tertiary/aromatic N) is 1. The summed E-state index contributed by atoms with van der Waals surface area (Å²) in [4.78, 5) is 28.7. The number of primary amides is 1. The quantitative estimate of drug-likeness (QED) is 0.618. The second-order valence-corrected chi connectivity index (χ2v) is 10.7. The molecule has 2 aromatic rings. The Labute approximate surface area is 195 Å². The van der Waals surface area contributed by atoms with E-state index in [1.165, 1.54) is 69.1 Å². The minimum absolute atomic E-state index is 0.157. The zero-order valence-corrected chi connectivity index (χ0v) is 19.4. The summed E-state index contributed by atoms with van der Waals surface area (Å²) in [6.45, 7) is -0.339. The third kappa shape index (κ3) is 3.94. The van der Waals surface area contributed by atoms with Gasteiger partial charge in [0.05, 0.1) is 17.8 Å². The lowest BCUT2D eigenvalue weighted by Crippen LogP contribution is -2.48. The Bertz CT molecular complexity index is 1030. The Hall–Kier alpha value is -2.32. The number of rotatable bonds is 7. The van der Waals surface area contributed by atoms with Gasteiger partial charge in [-0.1, -0.05) is 11.6 Å². The van der Waals surface area contributed by atoms with Crippen LogP contribution in [0, 0.1) is 17.8 Å². The predicted octanol–water partition coefficient (Wildman–Crippen LogP) is 4.39. The van der Waals surface area contributed by atoms with Gasteiger partial charge in [0.1, 0.15) is 0 Å². The van der Waals surface area contributed by atoms with E-state index in [9.17, 15) is 9.59 Å². The first-order valence-electron chi connectivity index (χ1n) is 10.9. The number of nitrogens with two attached hydrogens (primary N) is 1. The van der Waals surface area contributed by atoms with Crippen molar-refractivity contribution in [2.45, 2.75) is 43.9 Å². The van der Waals surface area contributed by atoms with Crippen molar-refractivity contribution in [3.8, 4) is 11.5 Å². The summed E-state index contributed by atoms with van der Waals surface area (Å²) >= 11 is 7.74. The van der Waals surface area contributed by atoms with Crippen LogP contribution in [0.2, 0.25) is 5.02 Å². The minimum atomic E-state index is -0.636. The molecule has 3 N–H and O–H groups in total. The molecule has 4 bridgehead atoms. The number of carbonyl (C=O) groups is 2. The SMILES string of the molecule is COc1cc(C(=O)Nc2nc(C34CC5CC(CC(C5)C3)C4)cs2)cc(Cl)c1OCC(N)=O. The van der Waals surface area contributed by atoms with E-state index in [0.717, 1.165) is 23.4 Å². The monoisotopic (exact) mass is 475 g/mol. The fraction of sp³-hybridized carbons (Fsp3) is 0.522. The van der Waals surface area contributed by atoms with E-state index in [1.807, 2.05) is 0 Å². The van der Waals surface area contributed by atoms with E-state index >= 15 is 0 Å². The topological polar surface area (TPSA) is 104 Å². The van der Waals surface area contributed by atoms with Gasteiger partial charge in [0.2, 0.25) is 0 Å². The molecule has 0 saturated heterocycles. The molecule has 2 amide bonds. The minimum Gasteiger partial charge on any atom is -0.493 e. The fourth-order valence-electron chi connectivity index (χ4n) is 6.30. The van der Waals surface area contributed by atoms with Crippen LogP contribution in [-0.4, -0.2) is 30.5 Å². The van der Waals surface area contributed by atoms with Crippen molar-refractivity contribution in [3.05, 3.63) is 33.8 Å². The number of methoxy groups -OCH3 is 1. The van der Waals surface area contributed by atoms with Gasteiger partial charge in [-0.2, -0.15) is 0 Å². The maximum Gasteiger partial charge on any atom is 0.257 e. The Morgan fingerprint density at radius 2 is 1.88 bits per heavy atom. The van der Waals surface area contributed by atoms with Crippen LogP contribution >= 0.6 is 22.9 Å². The Morgan fingerprint density at radius 3 is 2.47 bits per heavy atom. The molecule has 0 unspecified atom stereocenters. The number of hydrogen-bond donors (Lipinski definition) is 2. The van der Waals surface area contributed by atoms with Crippen LogP contribution in [0.15, 0.2) is 17.5 Å². The highest BCUT2D eigenvalue weighted by atomic mass is 35.5. The van der Waals surface area contributed by atoms with Crippen molar-refractivity contribution in [1.29, 1.82) is 0 Å². The van der Waals surface area contributed by atoms with Gasteiger partial charge in [-0.25, -0.2) is 4.98 Å². The number of ether oxygens (including phenoxy) is 2. The highest BCUT2D eigenvalue weighted by Gasteiger charge is 2.52. The van der Waals surface area contributed by atoms with Gasteiger partial charge in [0.25, 0.3) is 11.8 Å². The van der Waals surface area contributed by atoms with E-state index in [0.29, 0.717) is 10.7 Å². The molecule has 4 aliphatic carbocycles. The molecule has 170 valence electrons.